The molecule has 4 N–H and O–H groups in total. The van der Waals surface area contributed by atoms with E-state index in [1.807, 2.05) is 43.4 Å². The Kier molecular flexibility index (Phi) is 5.50. The smallest absolute Gasteiger partial charge is 0.122 e. The van der Waals surface area contributed by atoms with Crippen molar-refractivity contribution < 1.29 is 9.84 Å². The number of aliphatic hydroxyl groups excluding tert-OH is 1. The summed E-state index contributed by atoms with van der Waals surface area (Å²) in [5.41, 5.74) is 11.0. The fraction of sp³-hybridized carbons (Fsp3) is 0.368. The molecule has 0 aromatic heterocycles. The Labute approximate surface area is 138 Å². The first-order valence-corrected chi connectivity index (χ1v) is 7.88. The molecule has 2 rings (SSSR count). The average Bonchev–Trinajstić information content (AvgIpc) is 2.54. The third-order valence-electron chi connectivity index (χ3n) is 4.20. The van der Waals surface area contributed by atoms with Gasteiger partial charge in [-0.1, -0.05) is 19.1 Å². The van der Waals surface area contributed by atoms with Crippen LogP contribution in [0.15, 0.2) is 36.4 Å². The van der Waals surface area contributed by atoms with Gasteiger partial charge in [-0.2, -0.15) is 0 Å². The van der Waals surface area contributed by atoms with Crippen LogP contribution in [-0.4, -0.2) is 19.3 Å². The van der Waals surface area contributed by atoms with Gasteiger partial charge in [0.25, 0.3) is 0 Å². The van der Waals surface area contributed by atoms with Gasteiger partial charge in [-0.3, -0.25) is 0 Å². The van der Waals surface area contributed by atoms with Crippen LogP contribution in [0.25, 0.3) is 0 Å². The largest absolute Gasteiger partial charge is 0.496 e. The van der Waals surface area contributed by atoms with Crippen molar-refractivity contribution in [2.45, 2.75) is 32.3 Å². The maximum Gasteiger partial charge on any atom is 0.122 e. The molecule has 2 aromatic carbocycles. The van der Waals surface area contributed by atoms with Gasteiger partial charge in [0.2, 0.25) is 0 Å². The molecule has 0 saturated heterocycles. The van der Waals surface area contributed by atoms with Crippen molar-refractivity contribution in [2.75, 3.05) is 25.2 Å². The lowest BCUT2D eigenvalue weighted by atomic mass is 9.91. The maximum absolute atomic E-state index is 9.72. The predicted octanol–water partition coefficient (Wildman–Crippen LogP) is 3.72. The Morgan fingerprint density at radius 1 is 1.17 bits per heavy atom. The summed E-state index contributed by atoms with van der Waals surface area (Å²) in [6.45, 7) is 3.93. The molecule has 2 aromatic rings. The number of methoxy groups -OCH3 is 1. The molecule has 0 amide bonds. The van der Waals surface area contributed by atoms with E-state index < -0.39 is 6.10 Å². The minimum atomic E-state index is -0.500. The lowest BCUT2D eigenvalue weighted by Gasteiger charge is -2.19. The van der Waals surface area contributed by atoms with Crippen LogP contribution >= 0.6 is 0 Å². The minimum Gasteiger partial charge on any atom is -0.496 e. The minimum absolute atomic E-state index is 0.284. The lowest BCUT2D eigenvalue weighted by molar-refractivity contribution is 0.199. The van der Waals surface area contributed by atoms with E-state index in [0.717, 1.165) is 34.7 Å². The molecule has 0 aliphatic heterocycles. The maximum atomic E-state index is 9.72. The van der Waals surface area contributed by atoms with Crippen LogP contribution in [0, 0.1) is 0 Å². The van der Waals surface area contributed by atoms with Crippen LogP contribution in [0.2, 0.25) is 0 Å². The molecular weight excluding hydrogens is 288 g/mol. The zero-order valence-corrected chi connectivity index (χ0v) is 14.3. The van der Waals surface area contributed by atoms with Gasteiger partial charge < -0.3 is 20.9 Å². The second-order valence-corrected chi connectivity index (χ2v) is 5.95. The first kappa shape index (κ1) is 17.2. The van der Waals surface area contributed by atoms with Gasteiger partial charge >= 0.3 is 0 Å². The van der Waals surface area contributed by atoms with Gasteiger partial charge in [0.05, 0.1) is 13.2 Å². The molecule has 2 unspecified atom stereocenters. The predicted molar refractivity (Wildman–Crippen MR) is 96.1 cm³/mol. The fourth-order valence-electron chi connectivity index (χ4n) is 2.85. The molecule has 0 radical (unpaired) electrons. The molecule has 124 valence electrons. The highest BCUT2D eigenvalue weighted by Gasteiger charge is 2.15. The molecule has 0 bridgehead atoms. The monoisotopic (exact) mass is 314 g/mol. The van der Waals surface area contributed by atoms with Crippen LogP contribution in [0.5, 0.6) is 5.75 Å². The summed E-state index contributed by atoms with van der Waals surface area (Å²) in [7, 11) is 3.58. The molecule has 4 heteroatoms. The molecule has 0 spiro atoms. The lowest BCUT2D eigenvalue weighted by Crippen LogP contribution is -2.05. The van der Waals surface area contributed by atoms with E-state index in [1.54, 1.807) is 14.0 Å². The van der Waals surface area contributed by atoms with Gasteiger partial charge in [-0.05, 0) is 60.2 Å². The van der Waals surface area contributed by atoms with Crippen molar-refractivity contribution in [3.8, 4) is 5.75 Å². The Bertz CT molecular complexity index is 668. The second-order valence-electron chi connectivity index (χ2n) is 5.95. The van der Waals surface area contributed by atoms with Crippen LogP contribution in [0.1, 0.15) is 42.6 Å². The van der Waals surface area contributed by atoms with Crippen LogP contribution in [0.4, 0.5) is 11.4 Å². The standard InChI is InChI=1S/C19H26N2O2/c1-12(17-11-16(20)7-8-18(17)21-3)9-15-6-5-14(13(2)22)10-19(15)23-4/h5-8,10-13,21-22H,9,20H2,1-4H3. The van der Waals surface area contributed by atoms with E-state index in [-0.39, 0.29) is 5.92 Å². The number of ether oxygens (including phenoxy) is 1. The number of anilines is 2. The van der Waals surface area contributed by atoms with Crippen molar-refractivity contribution in [1.82, 2.24) is 0 Å². The number of aliphatic hydroxyl groups is 1. The quantitative estimate of drug-likeness (QED) is 0.711. The fourth-order valence-corrected chi connectivity index (χ4v) is 2.85. The number of benzene rings is 2. The van der Waals surface area contributed by atoms with Crippen LogP contribution in [0.3, 0.4) is 0 Å². The summed E-state index contributed by atoms with van der Waals surface area (Å²) in [6, 6.07) is 11.8. The Balaban J connectivity index is 2.30. The topological polar surface area (TPSA) is 67.5 Å². The van der Waals surface area contributed by atoms with Gasteiger partial charge in [0, 0.05) is 18.4 Å². The van der Waals surface area contributed by atoms with Crippen molar-refractivity contribution >= 4 is 11.4 Å². The second kappa shape index (κ2) is 7.38. The van der Waals surface area contributed by atoms with Crippen molar-refractivity contribution in [2.24, 2.45) is 0 Å². The highest BCUT2D eigenvalue weighted by molar-refractivity contribution is 5.59. The van der Waals surface area contributed by atoms with Crippen LogP contribution in [-0.2, 0) is 6.42 Å². The third kappa shape index (κ3) is 3.96. The van der Waals surface area contributed by atoms with E-state index >= 15 is 0 Å². The van der Waals surface area contributed by atoms with E-state index in [4.69, 9.17) is 10.5 Å². The molecule has 23 heavy (non-hydrogen) atoms. The highest BCUT2D eigenvalue weighted by atomic mass is 16.5. The third-order valence-corrected chi connectivity index (χ3v) is 4.20. The zero-order valence-electron chi connectivity index (χ0n) is 14.3. The highest BCUT2D eigenvalue weighted by Crippen LogP contribution is 2.32. The van der Waals surface area contributed by atoms with Crippen LogP contribution < -0.4 is 15.8 Å². The molecular formula is C19H26N2O2. The van der Waals surface area contributed by atoms with Crippen molar-refractivity contribution in [3.05, 3.63) is 53.1 Å². The molecule has 0 aliphatic rings. The summed E-state index contributed by atoms with van der Waals surface area (Å²) in [5.74, 6) is 1.09. The first-order chi connectivity index (χ1) is 11.0. The number of hydrogen-bond acceptors (Lipinski definition) is 4. The Morgan fingerprint density at radius 2 is 1.91 bits per heavy atom. The summed E-state index contributed by atoms with van der Waals surface area (Å²) < 4.78 is 5.50. The summed E-state index contributed by atoms with van der Waals surface area (Å²) in [5, 5.41) is 12.9. The molecule has 0 aliphatic carbocycles. The van der Waals surface area contributed by atoms with E-state index in [9.17, 15) is 5.11 Å². The first-order valence-electron chi connectivity index (χ1n) is 7.88. The molecule has 2 atom stereocenters. The molecule has 0 fully saturated rings. The zero-order chi connectivity index (χ0) is 17.0. The number of rotatable bonds is 6. The van der Waals surface area contributed by atoms with E-state index in [0.29, 0.717) is 0 Å². The normalized spacial score (nSPS) is 13.4. The van der Waals surface area contributed by atoms with Gasteiger partial charge in [0.15, 0.2) is 0 Å². The van der Waals surface area contributed by atoms with E-state index in [1.165, 1.54) is 5.56 Å². The van der Waals surface area contributed by atoms with E-state index in [2.05, 4.69) is 12.2 Å². The Morgan fingerprint density at radius 3 is 2.52 bits per heavy atom. The molecule has 4 nitrogen and oxygen atoms in total. The van der Waals surface area contributed by atoms with Crippen molar-refractivity contribution in [1.29, 1.82) is 0 Å². The summed E-state index contributed by atoms with van der Waals surface area (Å²) in [4.78, 5) is 0. The molecule has 0 saturated carbocycles. The van der Waals surface area contributed by atoms with Gasteiger partial charge in [0.1, 0.15) is 5.75 Å². The molecule has 0 heterocycles. The number of nitrogens with two attached hydrogens (primary N) is 1. The average molecular weight is 314 g/mol. The number of hydrogen-bond donors (Lipinski definition) is 3. The SMILES string of the molecule is CNc1ccc(N)cc1C(C)Cc1ccc(C(C)O)cc1OC. The summed E-state index contributed by atoms with van der Waals surface area (Å²) >= 11 is 0. The number of nitrogens with one attached hydrogen (secondary N) is 1. The Hall–Kier alpha value is -2.20. The number of nitrogen functional groups attached to an aromatic ring is 1. The summed E-state index contributed by atoms with van der Waals surface area (Å²) in [6.07, 6.45) is 0.335. The van der Waals surface area contributed by atoms with Gasteiger partial charge in [-0.25, -0.2) is 0 Å². The van der Waals surface area contributed by atoms with Crippen molar-refractivity contribution in [3.63, 3.8) is 0 Å². The van der Waals surface area contributed by atoms with Gasteiger partial charge in [-0.15, -0.1) is 0 Å².